The van der Waals surface area contributed by atoms with Crippen molar-refractivity contribution in [2.75, 3.05) is 20.2 Å². The molecule has 2 atom stereocenters. The van der Waals surface area contributed by atoms with Gasteiger partial charge in [-0.05, 0) is 72.7 Å². The third-order valence-corrected chi connectivity index (χ3v) is 6.95. The van der Waals surface area contributed by atoms with Crippen LogP contribution in [0.2, 0.25) is 0 Å². The van der Waals surface area contributed by atoms with Gasteiger partial charge >= 0.3 is 6.01 Å². The van der Waals surface area contributed by atoms with Crippen LogP contribution in [0.15, 0.2) is 42.6 Å². The SMILES string of the molecule is C#Cc1c(F)ccc2cc(O)cc(-c3cc(C#N)c4cnc(OC)nc4c3)c12.FC1CC2CCCN2C1. The molecule has 0 bridgehead atoms. The number of ether oxygens (including phenoxy) is 1. The Labute approximate surface area is 213 Å². The lowest BCUT2D eigenvalue weighted by atomic mass is 9.92. The molecular weight excluding hydrogens is 474 g/mol. The van der Waals surface area contributed by atoms with Gasteiger partial charge < -0.3 is 9.84 Å². The molecule has 37 heavy (non-hydrogen) atoms. The number of hydrogen-bond acceptors (Lipinski definition) is 6. The summed E-state index contributed by atoms with van der Waals surface area (Å²) in [6.45, 7) is 1.86. The number of halogens is 2. The monoisotopic (exact) mass is 498 g/mol. The van der Waals surface area contributed by atoms with E-state index in [1.165, 1.54) is 44.3 Å². The Morgan fingerprint density at radius 3 is 2.81 bits per heavy atom. The summed E-state index contributed by atoms with van der Waals surface area (Å²) in [5, 5.41) is 21.4. The summed E-state index contributed by atoms with van der Waals surface area (Å²) in [5.74, 6) is 1.85. The first kappa shape index (κ1) is 24.4. The maximum Gasteiger partial charge on any atom is 0.316 e. The smallest absolute Gasteiger partial charge is 0.316 e. The van der Waals surface area contributed by atoms with E-state index in [1.807, 2.05) is 0 Å². The van der Waals surface area contributed by atoms with Gasteiger partial charge in [0.25, 0.3) is 0 Å². The van der Waals surface area contributed by atoms with E-state index in [9.17, 15) is 19.1 Å². The highest BCUT2D eigenvalue weighted by Gasteiger charge is 2.34. The number of methoxy groups -OCH3 is 1. The van der Waals surface area contributed by atoms with Gasteiger partial charge in [-0.1, -0.05) is 12.0 Å². The summed E-state index contributed by atoms with van der Waals surface area (Å²) in [4.78, 5) is 10.6. The van der Waals surface area contributed by atoms with Crippen LogP contribution in [0.1, 0.15) is 30.4 Å². The third-order valence-electron chi connectivity index (χ3n) is 6.95. The zero-order valence-electron chi connectivity index (χ0n) is 20.2. The molecule has 2 aliphatic heterocycles. The highest BCUT2D eigenvalue weighted by atomic mass is 19.1. The van der Waals surface area contributed by atoms with Gasteiger partial charge in [-0.2, -0.15) is 10.2 Å². The number of rotatable bonds is 2. The second-order valence-corrected chi connectivity index (χ2v) is 9.21. The Morgan fingerprint density at radius 1 is 1.24 bits per heavy atom. The molecule has 3 aromatic carbocycles. The zero-order valence-corrected chi connectivity index (χ0v) is 20.2. The van der Waals surface area contributed by atoms with Crippen molar-refractivity contribution < 1.29 is 18.6 Å². The molecule has 186 valence electrons. The average Bonchev–Trinajstić information content (AvgIpc) is 3.48. The van der Waals surface area contributed by atoms with Gasteiger partial charge in [0.05, 0.1) is 29.8 Å². The number of phenols is 1. The van der Waals surface area contributed by atoms with Crippen LogP contribution in [-0.2, 0) is 0 Å². The Balaban J connectivity index is 0.000000260. The van der Waals surface area contributed by atoms with Crippen LogP contribution in [0.5, 0.6) is 11.8 Å². The normalized spacial score (nSPS) is 18.6. The molecule has 0 spiro atoms. The third kappa shape index (κ3) is 4.64. The van der Waals surface area contributed by atoms with Crippen molar-refractivity contribution >= 4 is 21.7 Å². The Kier molecular flexibility index (Phi) is 6.60. The lowest BCUT2D eigenvalue weighted by molar-refractivity contribution is 0.292. The van der Waals surface area contributed by atoms with E-state index in [-0.39, 0.29) is 17.3 Å². The molecule has 2 aliphatic rings. The predicted molar refractivity (Wildman–Crippen MR) is 137 cm³/mol. The molecule has 2 fully saturated rings. The van der Waals surface area contributed by atoms with Gasteiger partial charge in [0, 0.05) is 29.6 Å². The number of nitriles is 1. The minimum absolute atomic E-state index is 0.00375. The van der Waals surface area contributed by atoms with Gasteiger partial charge in [-0.15, -0.1) is 6.42 Å². The fourth-order valence-corrected chi connectivity index (χ4v) is 5.28. The highest BCUT2D eigenvalue weighted by molar-refractivity contribution is 6.03. The van der Waals surface area contributed by atoms with Crippen molar-refractivity contribution in [1.29, 1.82) is 5.26 Å². The van der Waals surface area contributed by atoms with Gasteiger partial charge in [-0.25, -0.2) is 13.8 Å². The van der Waals surface area contributed by atoms with Crippen molar-refractivity contribution in [3.8, 4) is 41.3 Å². The molecule has 8 heteroatoms. The van der Waals surface area contributed by atoms with Crippen LogP contribution < -0.4 is 4.74 Å². The van der Waals surface area contributed by atoms with Crippen molar-refractivity contribution in [3.63, 3.8) is 0 Å². The maximum atomic E-state index is 14.3. The summed E-state index contributed by atoms with van der Waals surface area (Å²) >= 11 is 0. The average molecular weight is 499 g/mol. The molecule has 2 unspecified atom stereocenters. The number of fused-ring (bicyclic) bond motifs is 3. The quantitative estimate of drug-likeness (QED) is 0.375. The first-order valence-corrected chi connectivity index (χ1v) is 12.0. The standard InChI is InChI=1S/C22H12FN3O2.C7H12FN/c1-3-16-19(23)5-4-12-7-15(27)9-17(21(12)16)13-6-14(10-24)18-11-25-22(28-2)26-20(18)8-13;8-6-4-7-2-1-3-9(7)5-6/h1,4-9,11,27H,2H3;6-7H,1-5H2. The Morgan fingerprint density at radius 2 is 2.08 bits per heavy atom. The first-order valence-electron chi connectivity index (χ1n) is 12.0. The Bertz CT molecular complexity index is 1580. The van der Waals surface area contributed by atoms with E-state index in [0.717, 1.165) is 13.0 Å². The zero-order chi connectivity index (χ0) is 26.1. The molecule has 0 amide bonds. The van der Waals surface area contributed by atoms with Gasteiger partial charge in [0.2, 0.25) is 0 Å². The van der Waals surface area contributed by atoms with Crippen LogP contribution in [0.3, 0.4) is 0 Å². The fraction of sp³-hybridized carbons (Fsp3) is 0.276. The molecule has 0 aliphatic carbocycles. The first-order chi connectivity index (χ1) is 17.9. The van der Waals surface area contributed by atoms with Crippen LogP contribution in [-0.4, -0.2) is 52.4 Å². The van der Waals surface area contributed by atoms with Gasteiger partial charge in [0.1, 0.15) is 17.7 Å². The number of alkyl halides is 1. The fourth-order valence-electron chi connectivity index (χ4n) is 5.28. The Hall–Kier alpha value is -4.27. The number of aromatic nitrogens is 2. The van der Waals surface area contributed by atoms with E-state index in [2.05, 4.69) is 26.9 Å². The molecule has 4 aromatic rings. The minimum atomic E-state index is -0.535. The van der Waals surface area contributed by atoms with E-state index in [1.54, 1.807) is 18.2 Å². The van der Waals surface area contributed by atoms with Crippen LogP contribution in [0, 0.1) is 29.5 Å². The molecule has 6 rings (SSSR count). The van der Waals surface area contributed by atoms with E-state index in [4.69, 9.17) is 11.2 Å². The van der Waals surface area contributed by atoms with E-state index >= 15 is 0 Å². The van der Waals surface area contributed by atoms with Gasteiger partial charge in [0.15, 0.2) is 0 Å². The van der Waals surface area contributed by atoms with Crippen molar-refractivity contribution in [2.24, 2.45) is 0 Å². The van der Waals surface area contributed by atoms with Crippen molar-refractivity contribution in [3.05, 3.63) is 59.5 Å². The lowest BCUT2D eigenvalue weighted by Gasteiger charge is -2.12. The molecule has 0 radical (unpaired) electrons. The second kappa shape index (κ2) is 10.0. The molecule has 1 N–H and O–H groups in total. The van der Waals surface area contributed by atoms with Crippen LogP contribution >= 0.6 is 0 Å². The second-order valence-electron chi connectivity index (χ2n) is 9.21. The van der Waals surface area contributed by atoms with Crippen molar-refractivity contribution in [2.45, 2.75) is 31.5 Å². The minimum Gasteiger partial charge on any atom is -0.508 e. The molecule has 0 saturated carbocycles. The number of hydrogen-bond donors (Lipinski definition) is 1. The molecule has 6 nitrogen and oxygen atoms in total. The summed E-state index contributed by atoms with van der Waals surface area (Å²) in [7, 11) is 1.45. The molecule has 1 aromatic heterocycles. The number of nitrogens with zero attached hydrogens (tertiary/aromatic N) is 4. The van der Waals surface area contributed by atoms with Crippen LogP contribution in [0.4, 0.5) is 8.78 Å². The molecule has 2 saturated heterocycles. The molecule has 3 heterocycles. The number of terminal acetylenes is 1. The van der Waals surface area contributed by atoms with E-state index in [0.29, 0.717) is 51.0 Å². The largest absolute Gasteiger partial charge is 0.508 e. The number of benzene rings is 3. The molecular formula is C29H24F2N4O2. The predicted octanol–water partition coefficient (Wildman–Crippen LogP) is 5.35. The summed E-state index contributed by atoms with van der Waals surface area (Å²) in [6.07, 6.45) is 9.87. The number of aromatic hydroxyl groups is 1. The van der Waals surface area contributed by atoms with Crippen LogP contribution in [0.25, 0.3) is 32.8 Å². The van der Waals surface area contributed by atoms with Crippen molar-refractivity contribution in [1.82, 2.24) is 14.9 Å². The van der Waals surface area contributed by atoms with E-state index < -0.39 is 12.0 Å². The van der Waals surface area contributed by atoms with Gasteiger partial charge in [-0.3, -0.25) is 4.90 Å². The summed E-state index contributed by atoms with van der Waals surface area (Å²) in [5.41, 5.74) is 1.97. The summed E-state index contributed by atoms with van der Waals surface area (Å²) < 4.78 is 32.0. The maximum absolute atomic E-state index is 14.3. The summed E-state index contributed by atoms with van der Waals surface area (Å²) in [6, 6.07) is 12.1. The highest BCUT2D eigenvalue weighted by Crippen LogP contribution is 2.37. The topological polar surface area (TPSA) is 82.3 Å². The number of phenolic OH excluding ortho intramolecular Hbond substituents is 1. The lowest BCUT2D eigenvalue weighted by Crippen LogP contribution is -2.22.